The Bertz CT molecular complexity index is 449. The summed E-state index contributed by atoms with van der Waals surface area (Å²) >= 11 is 2.32. The summed E-state index contributed by atoms with van der Waals surface area (Å²) in [5.74, 6) is 0. The Morgan fingerprint density at radius 1 is 1.22 bits per heavy atom. The third-order valence-corrected chi connectivity index (χ3v) is 5.15. The topological polar surface area (TPSA) is 32.5 Å². The van der Waals surface area contributed by atoms with Crippen LogP contribution < -0.4 is 10.6 Å². The molecule has 0 radical (unpaired) electrons. The molecule has 0 spiro atoms. The van der Waals surface area contributed by atoms with E-state index >= 15 is 0 Å². The molecule has 1 aromatic carbocycles. The second-order valence-electron chi connectivity index (χ2n) is 5.49. The predicted molar refractivity (Wildman–Crippen MR) is 85.0 cm³/mol. The van der Waals surface area contributed by atoms with Crippen LogP contribution >= 0.6 is 22.6 Å². The number of halogens is 1. The number of nitrogens with zero attached hydrogens (tertiary/aromatic N) is 2. The minimum atomic E-state index is 0.705. The molecule has 18 heavy (non-hydrogen) atoms. The van der Waals surface area contributed by atoms with Gasteiger partial charge in [0.15, 0.2) is 0 Å². The van der Waals surface area contributed by atoms with Gasteiger partial charge >= 0.3 is 0 Å². The van der Waals surface area contributed by atoms with Crippen molar-refractivity contribution in [2.75, 3.05) is 30.8 Å². The van der Waals surface area contributed by atoms with Gasteiger partial charge in [-0.25, -0.2) is 0 Å². The summed E-state index contributed by atoms with van der Waals surface area (Å²) in [6, 6.07) is 7.89. The van der Waals surface area contributed by atoms with E-state index in [0.717, 1.165) is 24.8 Å². The minimum absolute atomic E-state index is 0.705. The van der Waals surface area contributed by atoms with Gasteiger partial charge in [-0.1, -0.05) is 0 Å². The van der Waals surface area contributed by atoms with E-state index in [-0.39, 0.29) is 0 Å². The van der Waals surface area contributed by atoms with Crippen LogP contribution in [0.3, 0.4) is 0 Å². The van der Waals surface area contributed by atoms with E-state index in [2.05, 4.69) is 57.6 Å². The number of benzene rings is 1. The van der Waals surface area contributed by atoms with Crippen LogP contribution in [0, 0.1) is 3.57 Å². The van der Waals surface area contributed by atoms with Crippen LogP contribution in [0.15, 0.2) is 18.2 Å². The predicted octanol–water partition coefficient (Wildman–Crippen LogP) is 2.55. The lowest BCUT2D eigenvalue weighted by Gasteiger charge is -2.28. The maximum Gasteiger partial charge on any atom is 0.0601 e. The molecular formula is C14H20IN3. The Balaban J connectivity index is 1.84. The van der Waals surface area contributed by atoms with Crippen molar-refractivity contribution in [1.29, 1.82) is 0 Å². The fourth-order valence-electron chi connectivity index (χ4n) is 3.34. The largest absolute Gasteiger partial charge is 0.397 e. The van der Waals surface area contributed by atoms with Crippen molar-refractivity contribution in [1.82, 2.24) is 4.90 Å². The van der Waals surface area contributed by atoms with Crippen LogP contribution in [0.1, 0.15) is 19.3 Å². The lowest BCUT2D eigenvalue weighted by atomic mass is 10.1. The quantitative estimate of drug-likeness (QED) is 0.619. The van der Waals surface area contributed by atoms with Gasteiger partial charge in [-0.3, -0.25) is 4.90 Å². The molecule has 2 fully saturated rings. The summed E-state index contributed by atoms with van der Waals surface area (Å²) in [5.41, 5.74) is 8.31. The van der Waals surface area contributed by atoms with Crippen molar-refractivity contribution >= 4 is 34.0 Å². The lowest BCUT2D eigenvalue weighted by Crippen LogP contribution is -2.36. The van der Waals surface area contributed by atoms with Gasteiger partial charge in [-0.2, -0.15) is 0 Å². The van der Waals surface area contributed by atoms with Crippen molar-refractivity contribution < 1.29 is 0 Å². The summed E-state index contributed by atoms with van der Waals surface area (Å²) in [7, 11) is 2.28. The average molecular weight is 357 g/mol. The number of nitrogen functional groups attached to an aromatic ring is 1. The first-order chi connectivity index (χ1) is 8.65. The number of fused-ring (bicyclic) bond motifs is 2. The molecule has 2 aliphatic rings. The van der Waals surface area contributed by atoms with Gasteiger partial charge in [-0.05, 0) is 67.1 Å². The molecular weight excluding hydrogens is 337 g/mol. The zero-order valence-corrected chi connectivity index (χ0v) is 12.9. The monoisotopic (exact) mass is 357 g/mol. The lowest BCUT2D eigenvalue weighted by molar-refractivity contribution is 0.254. The number of nitrogens with two attached hydrogens (primary N) is 1. The standard InChI is InChI=1S/C14H20IN3/c1-17-11-3-4-12(17)9-18(7-6-11)14-5-2-10(15)8-13(14)16/h2,5,8,11-12H,3-4,6-7,9,16H2,1H3. The molecule has 2 N–H and O–H groups in total. The molecule has 0 saturated carbocycles. The second kappa shape index (κ2) is 4.89. The highest BCUT2D eigenvalue weighted by molar-refractivity contribution is 14.1. The SMILES string of the molecule is CN1C2CCC1CN(c1ccc(I)cc1N)CC2. The molecule has 2 bridgehead atoms. The Morgan fingerprint density at radius 3 is 2.78 bits per heavy atom. The van der Waals surface area contributed by atoms with Crippen molar-refractivity contribution in [2.24, 2.45) is 0 Å². The zero-order valence-electron chi connectivity index (χ0n) is 10.8. The molecule has 3 rings (SSSR count). The zero-order chi connectivity index (χ0) is 12.7. The first-order valence-electron chi connectivity index (χ1n) is 6.67. The van der Waals surface area contributed by atoms with Crippen molar-refractivity contribution in [3.05, 3.63) is 21.8 Å². The molecule has 4 heteroatoms. The van der Waals surface area contributed by atoms with Gasteiger partial charge in [0.25, 0.3) is 0 Å². The third kappa shape index (κ3) is 2.20. The number of likely N-dealkylation sites (N-methyl/N-ethyl adjacent to an activating group) is 1. The Morgan fingerprint density at radius 2 is 2.00 bits per heavy atom. The van der Waals surface area contributed by atoms with E-state index in [9.17, 15) is 0 Å². The van der Waals surface area contributed by atoms with Crippen LogP contribution in [0.4, 0.5) is 11.4 Å². The van der Waals surface area contributed by atoms with Crippen molar-refractivity contribution in [3.63, 3.8) is 0 Å². The third-order valence-electron chi connectivity index (χ3n) is 4.48. The number of hydrogen-bond acceptors (Lipinski definition) is 3. The molecule has 2 saturated heterocycles. The number of anilines is 2. The highest BCUT2D eigenvalue weighted by Crippen LogP contribution is 2.33. The maximum atomic E-state index is 6.18. The van der Waals surface area contributed by atoms with Gasteiger partial charge < -0.3 is 10.6 Å². The van der Waals surface area contributed by atoms with Crippen LogP contribution in [-0.2, 0) is 0 Å². The van der Waals surface area contributed by atoms with E-state index in [0.29, 0.717) is 6.04 Å². The molecule has 2 unspecified atom stereocenters. The summed E-state index contributed by atoms with van der Waals surface area (Å²) in [6.45, 7) is 2.26. The Kier molecular flexibility index (Phi) is 3.40. The molecule has 0 aliphatic carbocycles. The normalized spacial score (nSPS) is 28.4. The molecule has 3 nitrogen and oxygen atoms in total. The molecule has 0 aromatic heterocycles. The smallest absolute Gasteiger partial charge is 0.0601 e. The van der Waals surface area contributed by atoms with Crippen LogP contribution in [0.25, 0.3) is 0 Å². The Labute approximate surface area is 122 Å². The first-order valence-corrected chi connectivity index (χ1v) is 7.75. The maximum absolute atomic E-state index is 6.18. The van der Waals surface area contributed by atoms with E-state index in [4.69, 9.17) is 5.73 Å². The highest BCUT2D eigenvalue weighted by Gasteiger charge is 2.34. The van der Waals surface area contributed by atoms with Crippen molar-refractivity contribution in [3.8, 4) is 0 Å². The van der Waals surface area contributed by atoms with E-state index < -0.39 is 0 Å². The highest BCUT2D eigenvalue weighted by atomic mass is 127. The molecule has 0 amide bonds. The van der Waals surface area contributed by atoms with Gasteiger partial charge in [0, 0.05) is 28.7 Å². The fraction of sp³-hybridized carbons (Fsp3) is 0.571. The summed E-state index contributed by atoms with van der Waals surface area (Å²) in [4.78, 5) is 5.05. The van der Waals surface area contributed by atoms with E-state index in [1.807, 2.05) is 0 Å². The van der Waals surface area contributed by atoms with Gasteiger partial charge in [-0.15, -0.1) is 0 Å². The fourth-order valence-corrected chi connectivity index (χ4v) is 3.86. The van der Waals surface area contributed by atoms with Crippen molar-refractivity contribution in [2.45, 2.75) is 31.3 Å². The molecule has 2 atom stereocenters. The number of hydrogen-bond donors (Lipinski definition) is 1. The van der Waals surface area contributed by atoms with Crippen LogP contribution in [-0.4, -0.2) is 37.1 Å². The molecule has 1 aromatic rings. The molecule has 2 heterocycles. The van der Waals surface area contributed by atoms with Crippen LogP contribution in [0.2, 0.25) is 0 Å². The molecule has 2 aliphatic heterocycles. The summed E-state index contributed by atoms with van der Waals surface area (Å²) < 4.78 is 1.21. The van der Waals surface area contributed by atoms with Gasteiger partial charge in [0.05, 0.1) is 11.4 Å². The summed E-state index contributed by atoms with van der Waals surface area (Å²) in [5, 5.41) is 0. The van der Waals surface area contributed by atoms with Crippen LogP contribution in [0.5, 0.6) is 0 Å². The van der Waals surface area contributed by atoms with E-state index in [1.54, 1.807) is 0 Å². The average Bonchev–Trinajstić information content (AvgIpc) is 2.55. The number of rotatable bonds is 1. The first kappa shape index (κ1) is 12.5. The van der Waals surface area contributed by atoms with E-state index in [1.165, 1.54) is 28.5 Å². The Hall–Kier alpha value is -0.490. The summed E-state index contributed by atoms with van der Waals surface area (Å²) in [6.07, 6.45) is 3.97. The second-order valence-corrected chi connectivity index (χ2v) is 6.73. The van der Waals surface area contributed by atoms with Gasteiger partial charge in [0.2, 0.25) is 0 Å². The minimum Gasteiger partial charge on any atom is -0.397 e. The van der Waals surface area contributed by atoms with Gasteiger partial charge in [0.1, 0.15) is 0 Å². The molecule has 98 valence electrons.